The van der Waals surface area contributed by atoms with Crippen molar-refractivity contribution in [3.05, 3.63) is 47.1 Å². The Balaban J connectivity index is 1.53. The number of halogens is 1. The molecule has 0 N–H and O–H groups in total. The second-order valence-electron chi connectivity index (χ2n) is 5.98. The fourth-order valence-corrected chi connectivity index (χ4v) is 5.65. The second-order valence-corrected chi connectivity index (χ2v) is 9.43. The van der Waals surface area contributed by atoms with Crippen LogP contribution < -0.4 is 4.74 Å². The van der Waals surface area contributed by atoms with Crippen molar-refractivity contribution in [2.75, 3.05) is 19.7 Å². The normalized spacial score (nSPS) is 17.1. The molecule has 3 rings (SSSR count). The Morgan fingerprint density at radius 2 is 1.83 bits per heavy atom. The quantitative estimate of drug-likeness (QED) is 0.808. The first-order valence-electron chi connectivity index (χ1n) is 7.90. The first kappa shape index (κ1) is 17.4. The van der Waals surface area contributed by atoms with Crippen molar-refractivity contribution in [1.82, 2.24) is 4.31 Å². The number of ether oxygens (including phenoxy) is 1. The van der Waals surface area contributed by atoms with Crippen LogP contribution in [0, 0.1) is 18.7 Å². The van der Waals surface area contributed by atoms with Gasteiger partial charge in [0.1, 0.15) is 15.8 Å². The van der Waals surface area contributed by atoms with Gasteiger partial charge in [-0.2, -0.15) is 4.31 Å². The Hall–Kier alpha value is -1.44. The van der Waals surface area contributed by atoms with E-state index in [2.05, 4.69) is 0 Å². The van der Waals surface area contributed by atoms with E-state index in [1.54, 1.807) is 22.5 Å². The highest BCUT2D eigenvalue weighted by atomic mass is 32.2. The average Bonchev–Trinajstić information content (AvgIpc) is 3.02. The topological polar surface area (TPSA) is 46.6 Å². The molecular weight excluding hydrogens is 349 g/mol. The van der Waals surface area contributed by atoms with Crippen molar-refractivity contribution in [3.63, 3.8) is 0 Å². The minimum Gasteiger partial charge on any atom is -0.493 e. The van der Waals surface area contributed by atoms with E-state index >= 15 is 0 Å². The summed E-state index contributed by atoms with van der Waals surface area (Å²) in [5.41, 5.74) is 0. The van der Waals surface area contributed by atoms with Crippen LogP contribution >= 0.6 is 11.3 Å². The van der Waals surface area contributed by atoms with Gasteiger partial charge < -0.3 is 4.74 Å². The van der Waals surface area contributed by atoms with Crippen molar-refractivity contribution >= 4 is 21.4 Å². The molecule has 24 heavy (non-hydrogen) atoms. The van der Waals surface area contributed by atoms with Gasteiger partial charge >= 0.3 is 0 Å². The van der Waals surface area contributed by atoms with E-state index in [4.69, 9.17) is 4.74 Å². The maximum Gasteiger partial charge on any atom is 0.252 e. The van der Waals surface area contributed by atoms with Gasteiger partial charge in [0, 0.05) is 18.0 Å². The van der Waals surface area contributed by atoms with Crippen LogP contribution in [0.2, 0.25) is 0 Å². The predicted octanol–water partition coefficient (Wildman–Crippen LogP) is 3.68. The molecule has 0 radical (unpaired) electrons. The van der Waals surface area contributed by atoms with Gasteiger partial charge in [-0.05, 0) is 62.1 Å². The molecule has 0 atom stereocenters. The SMILES string of the molecule is Cc1ccc(S(=O)(=O)N2CCC(COc3ccc(F)cc3)CC2)s1. The number of hydrogen-bond acceptors (Lipinski definition) is 4. The van der Waals surface area contributed by atoms with Crippen LogP contribution in [-0.4, -0.2) is 32.4 Å². The van der Waals surface area contributed by atoms with Crippen molar-refractivity contribution in [3.8, 4) is 5.75 Å². The summed E-state index contributed by atoms with van der Waals surface area (Å²) >= 11 is 1.31. The summed E-state index contributed by atoms with van der Waals surface area (Å²) in [6.07, 6.45) is 1.54. The highest BCUT2D eigenvalue weighted by Crippen LogP contribution is 2.28. The maximum absolute atomic E-state index is 12.9. The molecule has 130 valence electrons. The third-order valence-corrected chi connectivity index (χ3v) is 7.55. The van der Waals surface area contributed by atoms with Crippen LogP contribution in [0.3, 0.4) is 0 Å². The fourth-order valence-electron chi connectivity index (χ4n) is 2.74. The molecular formula is C17H20FNO3S2. The first-order chi connectivity index (χ1) is 11.4. The molecule has 1 aliphatic rings. The van der Waals surface area contributed by atoms with E-state index in [-0.39, 0.29) is 5.82 Å². The number of rotatable bonds is 5. The zero-order chi connectivity index (χ0) is 17.2. The van der Waals surface area contributed by atoms with E-state index in [9.17, 15) is 12.8 Å². The molecule has 7 heteroatoms. The van der Waals surface area contributed by atoms with Crippen LogP contribution in [0.1, 0.15) is 17.7 Å². The van der Waals surface area contributed by atoms with E-state index in [1.165, 1.54) is 23.5 Å². The lowest BCUT2D eigenvalue weighted by molar-refractivity contribution is 0.185. The van der Waals surface area contributed by atoms with Gasteiger partial charge in [-0.15, -0.1) is 11.3 Å². The third-order valence-electron chi connectivity index (χ3n) is 4.18. The smallest absolute Gasteiger partial charge is 0.252 e. The Bertz CT molecular complexity index is 778. The zero-order valence-electron chi connectivity index (χ0n) is 13.4. The number of sulfonamides is 1. The number of aryl methyl sites for hydroxylation is 1. The summed E-state index contributed by atoms with van der Waals surface area (Å²) in [5, 5.41) is 0. The maximum atomic E-state index is 12.9. The van der Waals surface area contributed by atoms with Gasteiger partial charge in [0.25, 0.3) is 10.0 Å². The summed E-state index contributed by atoms with van der Waals surface area (Å²) in [5.74, 6) is 0.664. The lowest BCUT2D eigenvalue weighted by atomic mass is 9.99. The molecule has 0 spiro atoms. The predicted molar refractivity (Wildman–Crippen MR) is 92.4 cm³/mol. The first-order valence-corrected chi connectivity index (χ1v) is 10.2. The number of thiophene rings is 1. The number of nitrogens with zero attached hydrogens (tertiary/aromatic N) is 1. The van der Waals surface area contributed by atoms with Crippen LogP contribution in [0.5, 0.6) is 5.75 Å². The van der Waals surface area contributed by atoms with Crippen LogP contribution in [-0.2, 0) is 10.0 Å². The van der Waals surface area contributed by atoms with Crippen LogP contribution in [0.4, 0.5) is 4.39 Å². The molecule has 0 unspecified atom stereocenters. The van der Waals surface area contributed by atoms with E-state index in [1.807, 2.05) is 13.0 Å². The van der Waals surface area contributed by atoms with Gasteiger partial charge in [-0.1, -0.05) is 0 Å². The summed E-state index contributed by atoms with van der Waals surface area (Å²) in [6, 6.07) is 9.46. The molecule has 4 nitrogen and oxygen atoms in total. The molecule has 1 aromatic carbocycles. The lowest BCUT2D eigenvalue weighted by Crippen LogP contribution is -2.39. The second kappa shape index (κ2) is 7.21. The van der Waals surface area contributed by atoms with Crippen molar-refractivity contribution < 1.29 is 17.5 Å². The van der Waals surface area contributed by atoms with E-state index in [0.29, 0.717) is 35.6 Å². The summed E-state index contributed by atoms with van der Waals surface area (Å²) in [4.78, 5) is 0.996. The molecule has 1 aromatic heterocycles. The molecule has 0 saturated carbocycles. The molecule has 1 fully saturated rings. The van der Waals surface area contributed by atoms with Gasteiger partial charge in [0.15, 0.2) is 0 Å². The lowest BCUT2D eigenvalue weighted by Gasteiger charge is -2.30. The van der Waals surface area contributed by atoms with Gasteiger partial charge in [0.2, 0.25) is 0 Å². The zero-order valence-corrected chi connectivity index (χ0v) is 15.1. The minimum atomic E-state index is -3.37. The molecule has 2 heterocycles. The Kier molecular flexibility index (Phi) is 5.22. The van der Waals surface area contributed by atoms with Crippen molar-refractivity contribution in [2.45, 2.75) is 24.0 Å². The average molecular weight is 369 g/mol. The molecule has 0 aliphatic carbocycles. The molecule has 1 saturated heterocycles. The highest BCUT2D eigenvalue weighted by molar-refractivity contribution is 7.91. The standard InChI is InChI=1S/C17H20FNO3S2/c1-13-2-7-17(23-13)24(20,21)19-10-8-14(9-11-19)12-22-16-5-3-15(18)4-6-16/h2-7,14H,8-12H2,1H3. The van der Waals surface area contributed by atoms with Gasteiger partial charge in [0.05, 0.1) is 6.61 Å². The van der Waals surface area contributed by atoms with E-state index < -0.39 is 10.0 Å². The molecule has 0 amide bonds. The number of benzene rings is 1. The largest absolute Gasteiger partial charge is 0.493 e. The van der Waals surface area contributed by atoms with Crippen molar-refractivity contribution in [1.29, 1.82) is 0 Å². The minimum absolute atomic E-state index is 0.287. The van der Waals surface area contributed by atoms with Crippen LogP contribution in [0.25, 0.3) is 0 Å². The summed E-state index contributed by atoms with van der Waals surface area (Å²) in [7, 11) is -3.37. The Morgan fingerprint density at radius 3 is 2.42 bits per heavy atom. The summed E-state index contributed by atoms with van der Waals surface area (Å²) < 4.78 is 45.7. The number of hydrogen-bond donors (Lipinski definition) is 0. The van der Waals surface area contributed by atoms with Gasteiger partial charge in [-0.3, -0.25) is 0 Å². The summed E-state index contributed by atoms with van der Waals surface area (Å²) in [6.45, 7) is 3.45. The molecule has 0 bridgehead atoms. The Labute approximate surface area is 145 Å². The monoisotopic (exact) mass is 369 g/mol. The van der Waals surface area contributed by atoms with Gasteiger partial charge in [-0.25, -0.2) is 12.8 Å². The third kappa shape index (κ3) is 3.96. The Morgan fingerprint density at radius 1 is 1.17 bits per heavy atom. The fraction of sp³-hybridized carbons (Fsp3) is 0.412. The number of piperidine rings is 1. The molecule has 2 aromatic rings. The molecule has 1 aliphatic heterocycles. The van der Waals surface area contributed by atoms with Crippen molar-refractivity contribution in [2.24, 2.45) is 5.92 Å². The highest BCUT2D eigenvalue weighted by Gasteiger charge is 2.30. The van der Waals surface area contributed by atoms with E-state index in [0.717, 1.165) is 17.7 Å². The van der Waals surface area contributed by atoms with Crippen LogP contribution in [0.15, 0.2) is 40.6 Å².